The third-order valence-corrected chi connectivity index (χ3v) is 4.52. The predicted octanol–water partition coefficient (Wildman–Crippen LogP) is 3.57. The van der Waals surface area contributed by atoms with Gasteiger partial charge in [-0.05, 0) is 57.1 Å². The fourth-order valence-corrected chi connectivity index (χ4v) is 3.35. The summed E-state index contributed by atoms with van der Waals surface area (Å²) in [7, 11) is 0. The number of hydrogen-bond acceptors (Lipinski definition) is 3. The highest BCUT2D eigenvalue weighted by atomic mass is 16.5. The topological polar surface area (TPSA) is 29.5 Å². The number of rotatable bonds is 4. The summed E-state index contributed by atoms with van der Waals surface area (Å²) in [4.78, 5) is 13.8. The molecular formula is C17H23NO2. The molecule has 1 aliphatic heterocycles. The van der Waals surface area contributed by atoms with E-state index in [1.807, 2.05) is 12.1 Å². The van der Waals surface area contributed by atoms with Crippen LogP contribution in [0.4, 0.5) is 5.69 Å². The summed E-state index contributed by atoms with van der Waals surface area (Å²) >= 11 is 0. The highest BCUT2D eigenvalue weighted by Crippen LogP contribution is 2.34. The fourth-order valence-electron chi connectivity index (χ4n) is 3.35. The molecule has 2 fully saturated rings. The average Bonchev–Trinajstić information content (AvgIpc) is 2.97. The molecule has 1 aliphatic carbocycles. The molecule has 20 heavy (non-hydrogen) atoms. The minimum atomic E-state index is -0.569. The number of piperidine rings is 1. The lowest BCUT2D eigenvalue weighted by molar-refractivity contribution is -0.121. The average molecular weight is 273 g/mol. The molecule has 1 heterocycles. The fraction of sp³-hybridized carbons (Fsp3) is 0.588. The molecule has 1 aromatic carbocycles. The van der Waals surface area contributed by atoms with Gasteiger partial charge < -0.3 is 9.64 Å². The van der Waals surface area contributed by atoms with Crippen LogP contribution in [-0.2, 0) is 4.79 Å². The number of benzene rings is 1. The summed E-state index contributed by atoms with van der Waals surface area (Å²) in [5, 5.41) is 0. The summed E-state index contributed by atoms with van der Waals surface area (Å²) in [6, 6.07) is 8.24. The van der Waals surface area contributed by atoms with Crippen LogP contribution in [0.1, 0.15) is 44.9 Å². The van der Waals surface area contributed by atoms with Crippen LogP contribution in [-0.4, -0.2) is 25.0 Å². The van der Waals surface area contributed by atoms with Crippen molar-refractivity contribution in [3.63, 3.8) is 0 Å². The van der Waals surface area contributed by atoms with Crippen molar-refractivity contribution in [1.82, 2.24) is 0 Å². The third kappa shape index (κ3) is 2.82. The van der Waals surface area contributed by atoms with Crippen LogP contribution in [0.2, 0.25) is 0 Å². The Kier molecular flexibility index (Phi) is 3.95. The van der Waals surface area contributed by atoms with Gasteiger partial charge in [-0.1, -0.05) is 6.07 Å². The second kappa shape index (κ2) is 5.86. The Labute approximate surface area is 120 Å². The summed E-state index contributed by atoms with van der Waals surface area (Å²) in [6.07, 6.45) is 8.76. The number of ether oxygens (including phenoxy) is 1. The predicted molar refractivity (Wildman–Crippen MR) is 80.4 cm³/mol. The Morgan fingerprint density at radius 1 is 1.05 bits per heavy atom. The number of nitrogens with zero attached hydrogens (tertiary/aromatic N) is 1. The maximum Gasteiger partial charge on any atom is 0.164 e. The molecule has 0 amide bonds. The molecule has 0 N–H and O–H groups in total. The molecule has 0 radical (unpaired) electrons. The van der Waals surface area contributed by atoms with E-state index in [-0.39, 0.29) is 0 Å². The number of anilines is 1. The number of carbonyl (C=O) groups excluding carboxylic acids is 1. The van der Waals surface area contributed by atoms with Crippen LogP contribution < -0.4 is 9.64 Å². The van der Waals surface area contributed by atoms with E-state index in [4.69, 9.17) is 4.74 Å². The zero-order chi connectivity index (χ0) is 13.8. The van der Waals surface area contributed by atoms with Crippen LogP contribution in [0.3, 0.4) is 0 Å². The standard InChI is InChI=1S/C17H23NO2/c19-14-17(9-2-3-10-17)20-16-8-6-7-15(13-16)18-11-4-1-5-12-18/h6-8,13-14H,1-5,9-12H2. The molecule has 2 aliphatic rings. The van der Waals surface area contributed by atoms with E-state index in [0.29, 0.717) is 0 Å². The maximum atomic E-state index is 11.4. The van der Waals surface area contributed by atoms with Crippen LogP contribution in [0.25, 0.3) is 0 Å². The van der Waals surface area contributed by atoms with E-state index in [9.17, 15) is 4.79 Å². The number of aldehydes is 1. The van der Waals surface area contributed by atoms with Crippen molar-refractivity contribution in [2.75, 3.05) is 18.0 Å². The summed E-state index contributed by atoms with van der Waals surface area (Å²) < 4.78 is 6.05. The van der Waals surface area contributed by atoms with Crippen LogP contribution in [0.5, 0.6) is 5.75 Å². The van der Waals surface area contributed by atoms with Gasteiger partial charge in [0.25, 0.3) is 0 Å². The second-order valence-electron chi connectivity index (χ2n) is 6.04. The molecule has 3 rings (SSSR count). The lowest BCUT2D eigenvalue weighted by Crippen LogP contribution is -2.34. The molecular weight excluding hydrogens is 250 g/mol. The number of hydrogen-bond donors (Lipinski definition) is 0. The summed E-state index contributed by atoms with van der Waals surface area (Å²) in [5.74, 6) is 0.835. The van der Waals surface area contributed by atoms with Gasteiger partial charge in [0.2, 0.25) is 0 Å². The Morgan fingerprint density at radius 2 is 1.80 bits per heavy atom. The van der Waals surface area contributed by atoms with Crippen molar-refractivity contribution in [2.45, 2.75) is 50.5 Å². The van der Waals surface area contributed by atoms with E-state index in [0.717, 1.165) is 50.8 Å². The zero-order valence-electron chi connectivity index (χ0n) is 12.0. The minimum absolute atomic E-state index is 0.569. The van der Waals surface area contributed by atoms with E-state index >= 15 is 0 Å². The molecule has 3 heteroatoms. The molecule has 1 saturated heterocycles. The minimum Gasteiger partial charge on any atom is -0.480 e. The largest absolute Gasteiger partial charge is 0.480 e. The van der Waals surface area contributed by atoms with Gasteiger partial charge in [0.1, 0.15) is 5.75 Å². The molecule has 3 nitrogen and oxygen atoms in total. The quantitative estimate of drug-likeness (QED) is 0.785. The Morgan fingerprint density at radius 3 is 2.50 bits per heavy atom. The molecule has 1 aromatic rings. The van der Waals surface area contributed by atoms with Crippen LogP contribution >= 0.6 is 0 Å². The van der Waals surface area contributed by atoms with Gasteiger partial charge in [-0.25, -0.2) is 0 Å². The smallest absolute Gasteiger partial charge is 0.164 e. The van der Waals surface area contributed by atoms with E-state index in [1.54, 1.807) is 0 Å². The van der Waals surface area contributed by atoms with Crippen LogP contribution in [0, 0.1) is 0 Å². The summed E-state index contributed by atoms with van der Waals surface area (Å²) in [5.41, 5.74) is 0.654. The van der Waals surface area contributed by atoms with Gasteiger partial charge in [-0.3, -0.25) is 4.79 Å². The van der Waals surface area contributed by atoms with E-state index < -0.39 is 5.60 Å². The lowest BCUT2D eigenvalue weighted by atomic mass is 10.0. The van der Waals surface area contributed by atoms with Crippen molar-refractivity contribution in [1.29, 1.82) is 0 Å². The van der Waals surface area contributed by atoms with Gasteiger partial charge in [-0.15, -0.1) is 0 Å². The van der Waals surface area contributed by atoms with E-state index in [2.05, 4.69) is 17.0 Å². The van der Waals surface area contributed by atoms with Gasteiger partial charge in [-0.2, -0.15) is 0 Å². The zero-order valence-corrected chi connectivity index (χ0v) is 12.0. The normalized spacial score (nSPS) is 21.7. The SMILES string of the molecule is O=CC1(Oc2cccc(N3CCCCC3)c2)CCCC1. The second-order valence-corrected chi connectivity index (χ2v) is 6.04. The first-order valence-corrected chi connectivity index (χ1v) is 7.82. The van der Waals surface area contributed by atoms with Gasteiger partial charge in [0.15, 0.2) is 11.9 Å². The molecule has 108 valence electrons. The first-order valence-electron chi connectivity index (χ1n) is 7.82. The van der Waals surface area contributed by atoms with Gasteiger partial charge in [0, 0.05) is 24.8 Å². The number of carbonyl (C=O) groups is 1. The monoisotopic (exact) mass is 273 g/mol. The Balaban J connectivity index is 1.75. The van der Waals surface area contributed by atoms with E-state index in [1.165, 1.54) is 24.9 Å². The van der Waals surface area contributed by atoms with Crippen molar-refractivity contribution in [2.24, 2.45) is 0 Å². The van der Waals surface area contributed by atoms with Crippen molar-refractivity contribution in [3.05, 3.63) is 24.3 Å². The first-order chi connectivity index (χ1) is 9.81. The highest BCUT2D eigenvalue weighted by Gasteiger charge is 2.35. The Bertz CT molecular complexity index is 460. The first kappa shape index (κ1) is 13.5. The lowest BCUT2D eigenvalue weighted by Gasteiger charge is -2.30. The maximum absolute atomic E-state index is 11.4. The molecule has 0 bridgehead atoms. The van der Waals surface area contributed by atoms with Crippen LogP contribution in [0.15, 0.2) is 24.3 Å². The Hall–Kier alpha value is -1.51. The highest BCUT2D eigenvalue weighted by molar-refractivity contribution is 5.64. The third-order valence-electron chi connectivity index (χ3n) is 4.52. The van der Waals surface area contributed by atoms with Gasteiger partial charge in [0.05, 0.1) is 0 Å². The van der Waals surface area contributed by atoms with Crippen molar-refractivity contribution < 1.29 is 9.53 Å². The van der Waals surface area contributed by atoms with Crippen molar-refractivity contribution in [3.8, 4) is 5.75 Å². The summed E-state index contributed by atoms with van der Waals surface area (Å²) in [6.45, 7) is 2.25. The molecule has 0 spiro atoms. The van der Waals surface area contributed by atoms with Gasteiger partial charge >= 0.3 is 0 Å². The molecule has 0 aromatic heterocycles. The molecule has 0 atom stereocenters. The van der Waals surface area contributed by atoms with Crippen molar-refractivity contribution >= 4 is 12.0 Å². The molecule has 1 saturated carbocycles. The molecule has 0 unspecified atom stereocenters.